The minimum atomic E-state index is -0.816. The number of nitrogens with zero attached hydrogens (tertiary/aromatic N) is 2. The number of H-pyrrole nitrogens is 1. The Morgan fingerprint density at radius 3 is 2.62 bits per heavy atom. The summed E-state index contributed by atoms with van der Waals surface area (Å²) in [5, 5.41) is 0. The van der Waals surface area contributed by atoms with Crippen molar-refractivity contribution in [2.75, 3.05) is 19.6 Å². The van der Waals surface area contributed by atoms with Crippen LogP contribution in [-0.2, 0) is 0 Å². The van der Waals surface area contributed by atoms with Crippen molar-refractivity contribution in [1.29, 1.82) is 0 Å². The van der Waals surface area contributed by atoms with E-state index in [1.807, 2.05) is 4.90 Å². The highest BCUT2D eigenvalue weighted by molar-refractivity contribution is 5.93. The summed E-state index contributed by atoms with van der Waals surface area (Å²) in [5.74, 6) is -1.39. The molecule has 26 heavy (non-hydrogen) atoms. The minimum Gasteiger partial charge on any atom is -0.357 e. The van der Waals surface area contributed by atoms with Gasteiger partial charge in [-0.3, -0.25) is 9.69 Å². The van der Waals surface area contributed by atoms with Crippen molar-refractivity contribution in [2.24, 2.45) is 5.92 Å². The van der Waals surface area contributed by atoms with Crippen molar-refractivity contribution in [2.45, 2.75) is 30.8 Å². The highest BCUT2D eigenvalue weighted by Gasteiger charge is 2.55. The maximum absolute atomic E-state index is 14.6. The Morgan fingerprint density at radius 1 is 1.08 bits per heavy atom. The van der Waals surface area contributed by atoms with Crippen LogP contribution in [0.25, 0.3) is 0 Å². The molecule has 2 aromatic rings. The lowest BCUT2D eigenvalue weighted by atomic mass is 9.75. The molecule has 0 saturated carbocycles. The van der Waals surface area contributed by atoms with Gasteiger partial charge in [-0.05, 0) is 55.6 Å². The molecule has 5 heterocycles. The molecular formula is C20H21F2N3O. The number of hydrogen-bond donors (Lipinski definition) is 1. The van der Waals surface area contributed by atoms with Gasteiger partial charge in [0.1, 0.15) is 5.69 Å². The average Bonchev–Trinajstić information content (AvgIpc) is 3.33. The van der Waals surface area contributed by atoms with Crippen molar-refractivity contribution >= 4 is 5.91 Å². The van der Waals surface area contributed by atoms with E-state index in [2.05, 4.69) is 9.88 Å². The second-order valence-electron chi connectivity index (χ2n) is 7.65. The zero-order chi connectivity index (χ0) is 17.8. The summed E-state index contributed by atoms with van der Waals surface area (Å²) < 4.78 is 28.4. The number of halogens is 2. The fraction of sp³-hybridized carbons (Fsp3) is 0.450. The van der Waals surface area contributed by atoms with E-state index in [-0.39, 0.29) is 23.9 Å². The van der Waals surface area contributed by atoms with Crippen LogP contribution in [0.2, 0.25) is 0 Å². The minimum absolute atomic E-state index is 0.0435. The Bertz CT molecular complexity index is 830. The molecule has 0 unspecified atom stereocenters. The number of rotatable bonds is 2. The van der Waals surface area contributed by atoms with E-state index in [0.29, 0.717) is 23.7 Å². The van der Waals surface area contributed by atoms with E-state index >= 15 is 0 Å². The van der Waals surface area contributed by atoms with Gasteiger partial charge in [-0.1, -0.05) is 12.1 Å². The number of hydrogen-bond acceptors (Lipinski definition) is 2. The van der Waals surface area contributed by atoms with Crippen LogP contribution < -0.4 is 0 Å². The van der Waals surface area contributed by atoms with Crippen molar-refractivity contribution < 1.29 is 13.6 Å². The highest BCUT2D eigenvalue weighted by atomic mass is 19.2. The summed E-state index contributed by atoms with van der Waals surface area (Å²) in [6.07, 6.45) is 3.86. The fourth-order valence-electron chi connectivity index (χ4n) is 5.35. The quantitative estimate of drug-likeness (QED) is 0.898. The number of piperidine rings is 3. The Kier molecular flexibility index (Phi) is 3.64. The van der Waals surface area contributed by atoms with Crippen LogP contribution in [0, 0.1) is 17.6 Å². The third-order valence-corrected chi connectivity index (χ3v) is 6.46. The van der Waals surface area contributed by atoms with Gasteiger partial charge in [0.25, 0.3) is 5.91 Å². The zero-order valence-electron chi connectivity index (χ0n) is 14.4. The number of nitrogens with one attached hydrogen (secondary N) is 1. The lowest BCUT2D eigenvalue weighted by molar-refractivity contribution is -0.00374. The van der Waals surface area contributed by atoms with E-state index in [4.69, 9.17) is 0 Å². The molecule has 3 atom stereocenters. The largest absolute Gasteiger partial charge is 0.357 e. The molecule has 1 amide bonds. The molecular weight excluding hydrogens is 336 g/mol. The Balaban J connectivity index is 1.57. The molecule has 0 aliphatic carbocycles. The maximum Gasteiger partial charge on any atom is 0.270 e. The molecule has 0 radical (unpaired) electrons. The average molecular weight is 357 g/mol. The van der Waals surface area contributed by atoms with E-state index in [9.17, 15) is 13.6 Å². The monoisotopic (exact) mass is 357 g/mol. The number of carbonyl (C=O) groups is 1. The van der Waals surface area contributed by atoms with E-state index in [0.717, 1.165) is 32.0 Å². The number of aromatic amines is 1. The highest BCUT2D eigenvalue weighted by Crippen LogP contribution is 2.47. The SMILES string of the molecule is O=C(c1ccc[nH]1)N1C[C@@H](c2cccc(F)c2F)[C@@H]2[C@H]1C1CCN2CC1. The van der Waals surface area contributed by atoms with Gasteiger partial charge in [0.15, 0.2) is 11.6 Å². The van der Waals surface area contributed by atoms with E-state index < -0.39 is 11.6 Å². The summed E-state index contributed by atoms with van der Waals surface area (Å²) in [5.41, 5.74) is 0.954. The van der Waals surface area contributed by atoms with E-state index in [1.165, 1.54) is 0 Å². The van der Waals surface area contributed by atoms with Crippen LogP contribution in [0.15, 0.2) is 36.5 Å². The van der Waals surface area contributed by atoms with Crippen LogP contribution in [0.4, 0.5) is 8.78 Å². The van der Waals surface area contributed by atoms with Gasteiger partial charge in [-0.15, -0.1) is 0 Å². The maximum atomic E-state index is 14.6. The molecule has 1 N–H and O–H groups in total. The number of fused-ring (bicyclic) bond motifs is 2. The first-order valence-corrected chi connectivity index (χ1v) is 9.27. The molecule has 136 valence electrons. The van der Waals surface area contributed by atoms with Crippen molar-refractivity contribution in [3.8, 4) is 0 Å². The Morgan fingerprint density at radius 2 is 1.88 bits per heavy atom. The van der Waals surface area contributed by atoms with Crippen molar-refractivity contribution in [3.63, 3.8) is 0 Å². The number of benzene rings is 1. The molecule has 4 fully saturated rings. The second-order valence-corrected chi connectivity index (χ2v) is 7.65. The summed E-state index contributed by atoms with van der Waals surface area (Å²) in [6.45, 7) is 2.38. The van der Waals surface area contributed by atoms with Gasteiger partial charge in [0, 0.05) is 24.7 Å². The van der Waals surface area contributed by atoms with Crippen molar-refractivity contribution in [1.82, 2.24) is 14.8 Å². The Hall–Kier alpha value is -2.21. The summed E-state index contributed by atoms with van der Waals surface area (Å²) in [4.78, 5) is 20.3. The normalized spacial score (nSPS) is 32.7. The second kappa shape index (κ2) is 5.91. The summed E-state index contributed by atoms with van der Waals surface area (Å²) in [6, 6.07) is 8.11. The van der Waals surface area contributed by atoms with Gasteiger partial charge in [-0.25, -0.2) is 8.78 Å². The molecule has 4 saturated heterocycles. The first kappa shape index (κ1) is 16.0. The number of likely N-dealkylation sites (tertiary alicyclic amines) is 1. The number of carbonyl (C=O) groups excluding carboxylic acids is 1. The predicted octanol–water partition coefficient (Wildman–Crippen LogP) is 3.00. The molecule has 4 aliphatic heterocycles. The van der Waals surface area contributed by atoms with E-state index in [1.54, 1.807) is 30.5 Å². The molecule has 4 aliphatic rings. The standard InChI is InChI=1S/C20H21F2N3O/c21-15-4-1-3-13(17(15)22)14-11-25(20(26)16-5-2-8-23-16)18-12-6-9-24(10-7-12)19(14)18/h1-5,8,12,14,18-19,23H,6-7,9-11H2/t14-,18+,19+/m0/s1. The molecule has 6 heteroatoms. The lowest BCUT2D eigenvalue weighted by Gasteiger charge is -2.51. The topological polar surface area (TPSA) is 39.3 Å². The number of aromatic nitrogens is 1. The molecule has 2 bridgehead atoms. The molecule has 4 nitrogen and oxygen atoms in total. The molecule has 0 spiro atoms. The zero-order valence-corrected chi connectivity index (χ0v) is 14.4. The first-order valence-electron chi connectivity index (χ1n) is 9.27. The molecule has 1 aromatic carbocycles. The van der Waals surface area contributed by atoms with Gasteiger partial charge >= 0.3 is 0 Å². The molecule has 6 rings (SSSR count). The fourth-order valence-corrected chi connectivity index (χ4v) is 5.35. The van der Waals surface area contributed by atoms with Gasteiger partial charge < -0.3 is 9.88 Å². The van der Waals surface area contributed by atoms with Crippen LogP contribution in [0.3, 0.4) is 0 Å². The van der Waals surface area contributed by atoms with Gasteiger partial charge in [0.2, 0.25) is 0 Å². The smallest absolute Gasteiger partial charge is 0.270 e. The van der Waals surface area contributed by atoms with Crippen LogP contribution >= 0.6 is 0 Å². The van der Waals surface area contributed by atoms with Crippen molar-refractivity contribution in [3.05, 3.63) is 59.4 Å². The Labute approximate surface area is 150 Å². The third kappa shape index (κ3) is 2.24. The summed E-state index contributed by atoms with van der Waals surface area (Å²) >= 11 is 0. The van der Waals surface area contributed by atoms with Crippen LogP contribution in [0.5, 0.6) is 0 Å². The lowest BCUT2D eigenvalue weighted by Crippen LogP contribution is -2.60. The predicted molar refractivity (Wildman–Crippen MR) is 92.8 cm³/mol. The summed E-state index contributed by atoms with van der Waals surface area (Å²) in [7, 11) is 0. The van der Waals surface area contributed by atoms with Gasteiger partial charge in [0.05, 0.1) is 6.04 Å². The first-order chi connectivity index (χ1) is 12.6. The van der Waals surface area contributed by atoms with Crippen LogP contribution in [-0.4, -0.2) is 52.4 Å². The van der Waals surface area contributed by atoms with Crippen LogP contribution in [0.1, 0.15) is 34.8 Å². The number of amides is 1. The molecule has 1 aromatic heterocycles. The van der Waals surface area contributed by atoms with Gasteiger partial charge in [-0.2, -0.15) is 0 Å². The third-order valence-electron chi connectivity index (χ3n) is 6.46.